The largest absolute Gasteiger partial charge is 0.480 e. The van der Waals surface area contributed by atoms with E-state index < -0.39 is 11.5 Å². The van der Waals surface area contributed by atoms with Crippen LogP contribution in [0.25, 0.3) is 0 Å². The molecule has 1 unspecified atom stereocenters. The summed E-state index contributed by atoms with van der Waals surface area (Å²) >= 11 is 5.78. The molecule has 1 aromatic rings. The molecule has 21 heavy (non-hydrogen) atoms. The maximum absolute atomic E-state index is 11.8. The summed E-state index contributed by atoms with van der Waals surface area (Å²) in [6.45, 7) is 3.85. The van der Waals surface area contributed by atoms with Crippen molar-refractivity contribution < 1.29 is 14.7 Å². The summed E-state index contributed by atoms with van der Waals surface area (Å²) in [5.74, 6) is -1.19. The number of halogens is 1. The zero-order valence-electron chi connectivity index (χ0n) is 12.3. The van der Waals surface area contributed by atoms with Gasteiger partial charge in [0.1, 0.15) is 5.54 Å². The van der Waals surface area contributed by atoms with Gasteiger partial charge in [0, 0.05) is 11.6 Å². The van der Waals surface area contributed by atoms with E-state index in [0.717, 1.165) is 12.0 Å². The van der Waals surface area contributed by atoms with Crippen molar-refractivity contribution in [3.8, 4) is 0 Å². The zero-order chi connectivity index (χ0) is 15.9. The second kappa shape index (κ2) is 8.00. The van der Waals surface area contributed by atoms with Crippen molar-refractivity contribution in [2.45, 2.75) is 38.8 Å². The number of carboxylic acid groups (broad SMARTS) is 1. The number of benzene rings is 1. The number of rotatable bonds is 8. The molecule has 1 aromatic carbocycles. The second-order valence-electron chi connectivity index (χ2n) is 5.14. The van der Waals surface area contributed by atoms with E-state index in [0.29, 0.717) is 18.0 Å². The fourth-order valence-electron chi connectivity index (χ4n) is 1.91. The van der Waals surface area contributed by atoms with Gasteiger partial charge in [-0.3, -0.25) is 14.9 Å². The molecule has 1 rings (SSSR count). The molecule has 0 aliphatic carbocycles. The molecule has 0 saturated carbocycles. The van der Waals surface area contributed by atoms with E-state index in [2.05, 4.69) is 10.6 Å². The zero-order valence-corrected chi connectivity index (χ0v) is 13.0. The van der Waals surface area contributed by atoms with Crippen LogP contribution in [-0.4, -0.2) is 29.1 Å². The van der Waals surface area contributed by atoms with Crippen LogP contribution in [0, 0.1) is 0 Å². The van der Waals surface area contributed by atoms with Crippen molar-refractivity contribution in [2.75, 3.05) is 6.54 Å². The highest BCUT2D eigenvalue weighted by Gasteiger charge is 2.31. The molecule has 6 heteroatoms. The Labute approximate surface area is 129 Å². The molecule has 0 aliphatic rings. The van der Waals surface area contributed by atoms with Crippen LogP contribution in [0.15, 0.2) is 24.3 Å². The summed E-state index contributed by atoms with van der Waals surface area (Å²) in [5.41, 5.74) is -0.144. The van der Waals surface area contributed by atoms with Crippen molar-refractivity contribution in [3.05, 3.63) is 34.9 Å². The van der Waals surface area contributed by atoms with E-state index in [9.17, 15) is 14.7 Å². The third-order valence-corrected chi connectivity index (χ3v) is 3.52. The van der Waals surface area contributed by atoms with Crippen molar-refractivity contribution in [1.29, 1.82) is 0 Å². The minimum absolute atomic E-state index is 0.0314. The predicted octanol–water partition coefficient (Wildman–Crippen LogP) is 2.19. The number of hydrogen-bond donors (Lipinski definition) is 3. The smallest absolute Gasteiger partial charge is 0.323 e. The molecule has 0 saturated heterocycles. The molecule has 0 radical (unpaired) electrons. The molecule has 5 nitrogen and oxygen atoms in total. The molecular weight excluding hydrogens is 292 g/mol. The fraction of sp³-hybridized carbons (Fsp3) is 0.467. The van der Waals surface area contributed by atoms with Crippen LogP contribution >= 0.6 is 11.6 Å². The Morgan fingerprint density at radius 3 is 2.43 bits per heavy atom. The first-order chi connectivity index (χ1) is 9.87. The third kappa shape index (κ3) is 5.73. The van der Waals surface area contributed by atoms with Gasteiger partial charge >= 0.3 is 5.97 Å². The van der Waals surface area contributed by atoms with Crippen LogP contribution in [0.5, 0.6) is 0 Å². The Morgan fingerprint density at radius 1 is 1.29 bits per heavy atom. The third-order valence-electron chi connectivity index (χ3n) is 3.26. The first-order valence-electron chi connectivity index (χ1n) is 6.87. The molecule has 0 heterocycles. The van der Waals surface area contributed by atoms with E-state index in [-0.39, 0.29) is 12.5 Å². The van der Waals surface area contributed by atoms with Gasteiger partial charge in [-0.25, -0.2) is 0 Å². The summed E-state index contributed by atoms with van der Waals surface area (Å²) in [6.07, 6.45) is 1.19. The molecule has 0 aliphatic heterocycles. The van der Waals surface area contributed by atoms with Crippen molar-refractivity contribution >= 4 is 23.5 Å². The molecule has 1 amide bonds. The molecular formula is C15H21ClN2O3. The SMILES string of the molecule is CCCC(C)(NCC(=O)NCc1ccc(Cl)cc1)C(=O)O. The van der Waals surface area contributed by atoms with E-state index in [1.165, 1.54) is 0 Å². The van der Waals surface area contributed by atoms with Crippen molar-refractivity contribution in [1.82, 2.24) is 10.6 Å². The molecule has 0 bridgehead atoms. The van der Waals surface area contributed by atoms with Crippen LogP contribution < -0.4 is 10.6 Å². The van der Waals surface area contributed by atoms with E-state index in [1.807, 2.05) is 19.1 Å². The van der Waals surface area contributed by atoms with Gasteiger partial charge in [-0.05, 0) is 31.0 Å². The van der Waals surface area contributed by atoms with Gasteiger partial charge in [-0.15, -0.1) is 0 Å². The van der Waals surface area contributed by atoms with E-state index in [1.54, 1.807) is 19.1 Å². The molecule has 0 spiro atoms. The Hall–Kier alpha value is -1.59. The van der Waals surface area contributed by atoms with E-state index >= 15 is 0 Å². The molecule has 0 aromatic heterocycles. The Balaban J connectivity index is 2.43. The minimum Gasteiger partial charge on any atom is -0.480 e. The van der Waals surface area contributed by atoms with Gasteiger partial charge < -0.3 is 10.4 Å². The maximum atomic E-state index is 11.8. The molecule has 1 atom stereocenters. The Morgan fingerprint density at radius 2 is 1.90 bits per heavy atom. The fourth-order valence-corrected chi connectivity index (χ4v) is 2.04. The summed E-state index contributed by atoms with van der Waals surface area (Å²) in [7, 11) is 0. The number of hydrogen-bond acceptors (Lipinski definition) is 3. The lowest BCUT2D eigenvalue weighted by molar-refractivity contribution is -0.144. The lowest BCUT2D eigenvalue weighted by Gasteiger charge is -2.25. The van der Waals surface area contributed by atoms with Crippen LogP contribution in [0.4, 0.5) is 0 Å². The average molecular weight is 313 g/mol. The predicted molar refractivity (Wildman–Crippen MR) is 82.3 cm³/mol. The highest BCUT2D eigenvalue weighted by Crippen LogP contribution is 2.12. The van der Waals surface area contributed by atoms with Crippen LogP contribution in [0.1, 0.15) is 32.3 Å². The monoisotopic (exact) mass is 312 g/mol. The average Bonchev–Trinajstić information content (AvgIpc) is 2.44. The van der Waals surface area contributed by atoms with Gasteiger partial charge in [-0.2, -0.15) is 0 Å². The number of carboxylic acids is 1. The van der Waals surface area contributed by atoms with Gasteiger partial charge in [-0.1, -0.05) is 37.1 Å². The number of aliphatic carboxylic acids is 1. The summed E-state index contributed by atoms with van der Waals surface area (Å²) in [6, 6.07) is 7.16. The number of nitrogens with one attached hydrogen (secondary N) is 2. The maximum Gasteiger partial charge on any atom is 0.323 e. The van der Waals surface area contributed by atoms with Gasteiger partial charge in [0.05, 0.1) is 6.54 Å². The minimum atomic E-state index is -1.08. The second-order valence-corrected chi connectivity index (χ2v) is 5.58. The summed E-state index contributed by atoms with van der Waals surface area (Å²) < 4.78 is 0. The van der Waals surface area contributed by atoms with Crippen molar-refractivity contribution in [2.24, 2.45) is 0 Å². The van der Waals surface area contributed by atoms with Gasteiger partial charge in [0.2, 0.25) is 5.91 Å². The van der Waals surface area contributed by atoms with Gasteiger partial charge in [0.25, 0.3) is 0 Å². The topological polar surface area (TPSA) is 78.4 Å². The first-order valence-corrected chi connectivity index (χ1v) is 7.25. The van der Waals surface area contributed by atoms with Crippen LogP contribution in [-0.2, 0) is 16.1 Å². The quantitative estimate of drug-likeness (QED) is 0.687. The summed E-state index contributed by atoms with van der Waals surface area (Å²) in [4.78, 5) is 23.0. The number of carbonyl (C=O) groups excluding carboxylic acids is 1. The van der Waals surface area contributed by atoms with Crippen LogP contribution in [0.2, 0.25) is 5.02 Å². The van der Waals surface area contributed by atoms with E-state index in [4.69, 9.17) is 11.6 Å². The highest BCUT2D eigenvalue weighted by molar-refractivity contribution is 6.30. The lowest BCUT2D eigenvalue weighted by Crippen LogP contribution is -2.52. The highest BCUT2D eigenvalue weighted by atomic mass is 35.5. The van der Waals surface area contributed by atoms with Crippen molar-refractivity contribution in [3.63, 3.8) is 0 Å². The van der Waals surface area contributed by atoms with Crippen LogP contribution in [0.3, 0.4) is 0 Å². The normalized spacial score (nSPS) is 13.5. The summed E-state index contributed by atoms with van der Waals surface area (Å²) in [5, 5.41) is 15.4. The standard InChI is InChI=1S/C15H21ClN2O3/c1-3-8-15(2,14(20)21)18-10-13(19)17-9-11-4-6-12(16)7-5-11/h4-7,18H,3,8-10H2,1-2H3,(H,17,19)(H,20,21). The Kier molecular flexibility index (Phi) is 6.65. The Bertz CT molecular complexity index is 490. The van der Waals surface area contributed by atoms with Gasteiger partial charge in [0.15, 0.2) is 0 Å². The molecule has 3 N–H and O–H groups in total. The number of carbonyl (C=O) groups is 2. The lowest BCUT2D eigenvalue weighted by atomic mass is 9.96. The molecule has 116 valence electrons. The first kappa shape index (κ1) is 17.5. The number of amides is 1. The molecule has 0 fully saturated rings.